The summed E-state index contributed by atoms with van der Waals surface area (Å²) in [5.74, 6) is -1.02. The third-order valence-corrected chi connectivity index (χ3v) is 2.20. The highest BCUT2D eigenvalue weighted by atomic mass is 35.5. The standard InChI is InChI=1S/C9H5ClN2O2/c10-7-6(8(13)12-9(7)14)5-1-3-11-4-2-5/h1-4H,(H,12,13,14). The average molecular weight is 209 g/mol. The van der Waals surface area contributed by atoms with E-state index in [1.807, 2.05) is 0 Å². The molecule has 0 bridgehead atoms. The second-order valence-corrected chi connectivity index (χ2v) is 3.09. The maximum absolute atomic E-state index is 11.3. The predicted molar refractivity (Wildman–Crippen MR) is 50.2 cm³/mol. The Morgan fingerprint density at radius 3 is 2.29 bits per heavy atom. The van der Waals surface area contributed by atoms with E-state index < -0.39 is 11.8 Å². The fourth-order valence-electron chi connectivity index (χ4n) is 1.21. The molecule has 0 radical (unpaired) electrons. The number of imide groups is 1. The molecule has 2 rings (SSSR count). The number of halogens is 1. The summed E-state index contributed by atoms with van der Waals surface area (Å²) in [6.07, 6.45) is 3.06. The highest BCUT2D eigenvalue weighted by molar-refractivity contribution is 6.55. The minimum absolute atomic E-state index is 0.0683. The van der Waals surface area contributed by atoms with E-state index in [1.165, 1.54) is 12.4 Å². The largest absolute Gasteiger partial charge is 0.287 e. The molecule has 14 heavy (non-hydrogen) atoms. The number of hydrogen-bond donors (Lipinski definition) is 1. The van der Waals surface area contributed by atoms with E-state index in [0.717, 1.165) is 0 Å². The Kier molecular flexibility index (Phi) is 2.05. The molecule has 4 nitrogen and oxygen atoms in total. The van der Waals surface area contributed by atoms with E-state index in [4.69, 9.17) is 11.6 Å². The molecule has 2 heterocycles. The second-order valence-electron chi connectivity index (χ2n) is 2.71. The lowest BCUT2D eigenvalue weighted by Crippen LogP contribution is -2.22. The van der Waals surface area contributed by atoms with Crippen LogP contribution in [-0.2, 0) is 9.59 Å². The summed E-state index contributed by atoms with van der Waals surface area (Å²) in [6, 6.07) is 3.24. The third-order valence-electron chi connectivity index (χ3n) is 1.84. The first-order chi connectivity index (χ1) is 6.70. The van der Waals surface area contributed by atoms with Crippen molar-refractivity contribution in [3.63, 3.8) is 0 Å². The van der Waals surface area contributed by atoms with Crippen LogP contribution < -0.4 is 5.32 Å². The number of hydrogen-bond acceptors (Lipinski definition) is 3. The fourth-order valence-corrected chi connectivity index (χ4v) is 1.45. The highest BCUT2D eigenvalue weighted by Gasteiger charge is 2.29. The molecule has 2 amide bonds. The zero-order valence-electron chi connectivity index (χ0n) is 6.95. The lowest BCUT2D eigenvalue weighted by molar-refractivity contribution is -0.123. The Bertz CT molecular complexity index is 439. The van der Waals surface area contributed by atoms with Gasteiger partial charge in [-0.2, -0.15) is 0 Å². The van der Waals surface area contributed by atoms with Gasteiger partial charge in [0.2, 0.25) is 0 Å². The molecule has 0 saturated carbocycles. The van der Waals surface area contributed by atoms with Crippen molar-refractivity contribution in [1.82, 2.24) is 10.3 Å². The molecule has 1 N–H and O–H groups in total. The van der Waals surface area contributed by atoms with E-state index in [9.17, 15) is 9.59 Å². The zero-order valence-corrected chi connectivity index (χ0v) is 7.71. The van der Waals surface area contributed by atoms with Gasteiger partial charge < -0.3 is 0 Å². The molecule has 0 fully saturated rings. The van der Waals surface area contributed by atoms with Crippen molar-refractivity contribution in [3.05, 3.63) is 35.1 Å². The lowest BCUT2D eigenvalue weighted by Gasteiger charge is -1.97. The number of carbonyl (C=O) groups excluding carboxylic acids is 2. The minimum Gasteiger partial charge on any atom is -0.287 e. The summed E-state index contributed by atoms with van der Waals surface area (Å²) in [4.78, 5) is 26.1. The summed E-state index contributed by atoms with van der Waals surface area (Å²) < 4.78 is 0. The molecule has 0 aromatic carbocycles. The molecule has 0 spiro atoms. The summed E-state index contributed by atoms with van der Waals surface area (Å²) >= 11 is 5.68. The molecule has 70 valence electrons. The summed E-state index contributed by atoms with van der Waals surface area (Å²) in [6.45, 7) is 0. The van der Waals surface area contributed by atoms with Gasteiger partial charge in [-0.05, 0) is 17.7 Å². The van der Waals surface area contributed by atoms with Gasteiger partial charge >= 0.3 is 0 Å². The van der Waals surface area contributed by atoms with Gasteiger partial charge in [0.25, 0.3) is 11.8 Å². The second kappa shape index (κ2) is 3.23. The van der Waals surface area contributed by atoms with Crippen molar-refractivity contribution in [2.75, 3.05) is 0 Å². The Balaban J connectivity index is 2.54. The van der Waals surface area contributed by atoms with Crippen molar-refractivity contribution in [2.24, 2.45) is 0 Å². The molecular weight excluding hydrogens is 204 g/mol. The Morgan fingerprint density at radius 2 is 1.79 bits per heavy atom. The van der Waals surface area contributed by atoms with Crippen LogP contribution in [0.3, 0.4) is 0 Å². The van der Waals surface area contributed by atoms with Crippen molar-refractivity contribution in [3.8, 4) is 0 Å². The van der Waals surface area contributed by atoms with Gasteiger partial charge in [-0.3, -0.25) is 19.9 Å². The number of rotatable bonds is 1. The number of nitrogens with zero attached hydrogens (tertiary/aromatic N) is 1. The van der Waals surface area contributed by atoms with Gasteiger partial charge in [0.1, 0.15) is 5.03 Å². The van der Waals surface area contributed by atoms with Crippen LogP contribution in [0.4, 0.5) is 0 Å². The SMILES string of the molecule is O=C1NC(=O)C(c2ccncc2)=C1Cl. The van der Waals surface area contributed by atoms with Crippen molar-refractivity contribution < 1.29 is 9.59 Å². The highest BCUT2D eigenvalue weighted by Crippen LogP contribution is 2.25. The van der Waals surface area contributed by atoms with Crippen LogP contribution in [0.25, 0.3) is 5.57 Å². The Morgan fingerprint density at radius 1 is 1.14 bits per heavy atom. The van der Waals surface area contributed by atoms with Gasteiger partial charge in [-0.15, -0.1) is 0 Å². The maximum atomic E-state index is 11.3. The van der Waals surface area contributed by atoms with Crippen LogP contribution >= 0.6 is 11.6 Å². The van der Waals surface area contributed by atoms with E-state index in [-0.39, 0.29) is 10.6 Å². The molecule has 1 aliphatic heterocycles. The summed E-state index contributed by atoms with van der Waals surface area (Å²) in [5.41, 5.74) is 0.799. The number of nitrogens with one attached hydrogen (secondary N) is 1. The van der Waals surface area contributed by atoms with Crippen molar-refractivity contribution in [2.45, 2.75) is 0 Å². The van der Waals surface area contributed by atoms with Crippen LogP contribution in [-0.4, -0.2) is 16.8 Å². The topological polar surface area (TPSA) is 59.1 Å². The van der Waals surface area contributed by atoms with Crippen molar-refractivity contribution in [1.29, 1.82) is 0 Å². The van der Waals surface area contributed by atoms with E-state index in [2.05, 4.69) is 10.3 Å². The van der Waals surface area contributed by atoms with Crippen LogP contribution in [0.2, 0.25) is 0 Å². The van der Waals surface area contributed by atoms with Gasteiger partial charge in [0, 0.05) is 12.4 Å². The van der Waals surface area contributed by atoms with Crippen LogP contribution in [0.15, 0.2) is 29.6 Å². The van der Waals surface area contributed by atoms with Gasteiger partial charge in [0.15, 0.2) is 0 Å². The molecule has 0 saturated heterocycles. The van der Waals surface area contributed by atoms with Crippen LogP contribution in [0.1, 0.15) is 5.56 Å². The third kappa shape index (κ3) is 1.29. The van der Waals surface area contributed by atoms with Gasteiger partial charge in [-0.1, -0.05) is 11.6 Å². The summed E-state index contributed by atoms with van der Waals surface area (Å²) in [5, 5.41) is 2.04. The average Bonchev–Trinajstić information content (AvgIpc) is 2.43. The number of amides is 2. The predicted octanol–water partition coefficient (Wildman–Crippen LogP) is 0.688. The monoisotopic (exact) mass is 208 g/mol. The van der Waals surface area contributed by atoms with Crippen molar-refractivity contribution >= 4 is 29.0 Å². The first-order valence-electron chi connectivity index (χ1n) is 3.86. The first kappa shape index (κ1) is 8.90. The number of aromatic nitrogens is 1. The first-order valence-corrected chi connectivity index (χ1v) is 4.24. The zero-order chi connectivity index (χ0) is 10.1. The van der Waals surface area contributed by atoms with E-state index in [0.29, 0.717) is 5.56 Å². The lowest BCUT2D eigenvalue weighted by atomic mass is 10.1. The molecule has 5 heteroatoms. The molecule has 1 aromatic heterocycles. The molecule has 0 aliphatic carbocycles. The molecule has 1 aromatic rings. The summed E-state index contributed by atoms with van der Waals surface area (Å²) in [7, 11) is 0. The number of carbonyl (C=O) groups is 2. The smallest absolute Gasteiger partial charge is 0.270 e. The minimum atomic E-state index is -0.552. The maximum Gasteiger partial charge on any atom is 0.270 e. The van der Waals surface area contributed by atoms with Crippen LogP contribution in [0.5, 0.6) is 0 Å². The molecular formula is C9H5ClN2O2. The Labute approximate surface area is 84.6 Å². The van der Waals surface area contributed by atoms with Crippen LogP contribution in [0, 0.1) is 0 Å². The van der Waals surface area contributed by atoms with Gasteiger partial charge in [-0.25, -0.2) is 0 Å². The van der Waals surface area contributed by atoms with Gasteiger partial charge in [0.05, 0.1) is 5.57 Å². The Hall–Kier alpha value is -1.68. The molecule has 0 unspecified atom stereocenters. The number of pyridine rings is 1. The van der Waals surface area contributed by atoms with E-state index >= 15 is 0 Å². The molecule has 1 aliphatic rings. The molecule has 0 atom stereocenters. The normalized spacial score (nSPS) is 16.1. The quantitative estimate of drug-likeness (QED) is 0.691. The van der Waals surface area contributed by atoms with E-state index in [1.54, 1.807) is 12.1 Å². The fraction of sp³-hybridized carbons (Fsp3) is 0.